The van der Waals surface area contributed by atoms with Gasteiger partial charge in [-0.25, -0.2) is 0 Å². The summed E-state index contributed by atoms with van der Waals surface area (Å²) in [6.45, 7) is 6.90. The van der Waals surface area contributed by atoms with Gasteiger partial charge in [-0.3, -0.25) is 14.4 Å². The third-order valence-corrected chi connectivity index (χ3v) is 3.96. The zero-order chi connectivity index (χ0) is 17.0. The Bertz CT molecular complexity index is 589. The van der Waals surface area contributed by atoms with E-state index in [1.165, 1.54) is 13.8 Å². The van der Waals surface area contributed by atoms with Crippen molar-refractivity contribution in [3.63, 3.8) is 0 Å². The van der Waals surface area contributed by atoms with Crippen LogP contribution in [0.5, 0.6) is 5.75 Å². The van der Waals surface area contributed by atoms with Gasteiger partial charge in [-0.15, -0.1) is 0 Å². The van der Waals surface area contributed by atoms with Crippen molar-refractivity contribution in [2.24, 2.45) is 0 Å². The van der Waals surface area contributed by atoms with Gasteiger partial charge in [-0.2, -0.15) is 0 Å². The van der Waals surface area contributed by atoms with Crippen molar-refractivity contribution in [1.29, 1.82) is 0 Å². The minimum atomic E-state index is -0.609. The Kier molecular flexibility index (Phi) is 5.36. The first-order valence-electron chi connectivity index (χ1n) is 7.70. The molecule has 1 fully saturated rings. The van der Waals surface area contributed by atoms with Crippen molar-refractivity contribution in [1.82, 2.24) is 9.80 Å². The topological polar surface area (TPSA) is 66.9 Å². The van der Waals surface area contributed by atoms with E-state index in [1.807, 2.05) is 0 Å². The van der Waals surface area contributed by atoms with Crippen molar-refractivity contribution in [2.75, 3.05) is 26.2 Å². The molecule has 1 aromatic rings. The van der Waals surface area contributed by atoms with E-state index in [1.54, 1.807) is 41.0 Å². The molecule has 0 spiro atoms. The number of hydrogen-bond acceptors (Lipinski definition) is 4. The van der Waals surface area contributed by atoms with Crippen LogP contribution in [0.3, 0.4) is 0 Å². The molecule has 1 aliphatic heterocycles. The van der Waals surface area contributed by atoms with Crippen molar-refractivity contribution in [3.8, 4) is 5.75 Å². The van der Waals surface area contributed by atoms with Crippen LogP contribution in [0.1, 0.15) is 31.1 Å². The Balaban J connectivity index is 1.90. The molecule has 1 aliphatic rings. The second-order valence-electron chi connectivity index (χ2n) is 5.67. The summed E-state index contributed by atoms with van der Waals surface area (Å²) in [6.07, 6.45) is -0.609. The Morgan fingerprint density at radius 3 is 1.96 bits per heavy atom. The van der Waals surface area contributed by atoms with E-state index >= 15 is 0 Å². The third-order valence-electron chi connectivity index (χ3n) is 3.96. The van der Waals surface area contributed by atoms with Crippen LogP contribution in [-0.4, -0.2) is 59.7 Å². The molecule has 6 heteroatoms. The molecule has 1 heterocycles. The second-order valence-corrected chi connectivity index (χ2v) is 5.67. The molecule has 2 amide bonds. The Morgan fingerprint density at radius 2 is 1.48 bits per heavy atom. The van der Waals surface area contributed by atoms with Gasteiger partial charge in [0.05, 0.1) is 0 Å². The largest absolute Gasteiger partial charge is 0.481 e. The number of nitrogens with zero attached hydrogens (tertiary/aromatic N) is 2. The lowest BCUT2D eigenvalue weighted by Crippen LogP contribution is -2.52. The normalized spacial score (nSPS) is 16.0. The number of carbonyl (C=O) groups excluding carboxylic acids is 3. The highest BCUT2D eigenvalue weighted by Gasteiger charge is 2.26. The van der Waals surface area contributed by atoms with Crippen molar-refractivity contribution >= 4 is 17.6 Å². The molecule has 23 heavy (non-hydrogen) atoms. The van der Waals surface area contributed by atoms with E-state index in [4.69, 9.17) is 4.74 Å². The predicted octanol–water partition coefficient (Wildman–Crippen LogP) is 1.35. The lowest BCUT2D eigenvalue weighted by atomic mass is 10.1. The molecule has 6 nitrogen and oxygen atoms in total. The van der Waals surface area contributed by atoms with Gasteiger partial charge in [-0.05, 0) is 38.1 Å². The highest BCUT2D eigenvalue weighted by molar-refractivity contribution is 5.94. The Morgan fingerprint density at radius 1 is 0.957 bits per heavy atom. The predicted molar refractivity (Wildman–Crippen MR) is 85.4 cm³/mol. The van der Waals surface area contributed by atoms with Gasteiger partial charge in [0, 0.05) is 38.7 Å². The number of amides is 2. The molecule has 0 saturated carbocycles. The molecule has 0 aromatic heterocycles. The second kappa shape index (κ2) is 7.26. The fourth-order valence-corrected chi connectivity index (χ4v) is 2.52. The van der Waals surface area contributed by atoms with Gasteiger partial charge < -0.3 is 14.5 Å². The van der Waals surface area contributed by atoms with Crippen LogP contribution in [0.2, 0.25) is 0 Å². The number of ether oxygens (including phenoxy) is 1. The monoisotopic (exact) mass is 318 g/mol. The molecule has 0 radical (unpaired) electrons. The van der Waals surface area contributed by atoms with Gasteiger partial charge in [0.25, 0.3) is 5.91 Å². The molecular formula is C17H22N2O4. The molecule has 0 bridgehead atoms. The summed E-state index contributed by atoms with van der Waals surface area (Å²) in [5.41, 5.74) is 0.608. The zero-order valence-corrected chi connectivity index (χ0v) is 13.7. The van der Waals surface area contributed by atoms with E-state index in [0.717, 1.165) is 0 Å². The standard InChI is InChI=1S/C17H22N2O4/c1-12(20)15-4-6-16(7-5-15)23-13(2)17(22)19-10-8-18(9-11-19)14(3)21/h4-7,13H,8-11H2,1-3H3. The van der Waals surface area contributed by atoms with E-state index in [2.05, 4.69) is 0 Å². The molecule has 0 aliphatic carbocycles. The highest BCUT2D eigenvalue weighted by Crippen LogP contribution is 2.15. The van der Waals surface area contributed by atoms with Crippen LogP contribution in [0.4, 0.5) is 0 Å². The number of rotatable bonds is 4. The molecule has 1 aromatic carbocycles. The number of piperazine rings is 1. The molecule has 1 saturated heterocycles. The van der Waals surface area contributed by atoms with Gasteiger partial charge in [0.15, 0.2) is 11.9 Å². The highest BCUT2D eigenvalue weighted by atomic mass is 16.5. The molecule has 124 valence electrons. The van der Waals surface area contributed by atoms with Crippen LogP contribution in [0, 0.1) is 0 Å². The van der Waals surface area contributed by atoms with Gasteiger partial charge in [0.1, 0.15) is 5.75 Å². The van der Waals surface area contributed by atoms with Crippen molar-refractivity contribution in [2.45, 2.75) is 26.9 Å². The molecule has 0 N–H and O–H groups in total. The summed E-state index contributed by atoms with van der Waals surface area (Å²) in [4.78, 5) is 38.4. The van der Waals surface area contributed by atoms with Crippen molar-refractivity contribution in [3.05, 3.63) is 29.8 Å². The number of carbonyl (C=O) groups is 3. The molecule has 1 unspecified atom stereocenters. The minimum Gasteiger partial charge on any atom is -0.481 e. The maximum absolute atomic E-state index is 12.4. The molecular weight excluding hydrogens is 296 g/mol. The van der Waals surface area contributed by atoms with Gasteiger partial charge in [-0.1, -0.05) is 0 Å². The van der Waals surface area contributed by atoms with E-state index in [-0.39, 0.29) is 17.6 Å². The third kappa shape index (κ3) is 4.31. The SMILES string of the molecule is CC(=O)c1ccc(OC(C)C(=O)N2CCN(C(C)=O)CC2)cc1. The lowest BCUT2D eigenvalue weighted by molar-refractivity contribution is -0.143. The van der Waals surface area contributed by atoms with Crippen molar-refractivity contribution < 1.29 is 19.1 Å². The summed E-state index contributed by atoms with van der Waals surface area (Å²) in [5.74, 6) is 0.484. The lowest BCUT2D eigenvalue weighted by Gasteiger charge is -2.35. The average molecular weight is 318 g/mol. The number of hydrogen-bond donors (Lipinski definition) is 0. The van der Waals surface area contributed by atoms with Gasteiger partial charge in [0.2, 0.25) is 5.91 Å². The summed E-state index contributed by atoms with van der Waals surface area (Å²) in [5, 5.41) is 0. The molecule has 2 rings (SSSR count). The summed E-state index contributed by atoms with van der Waals surface area (Å²) in [6, 6.07) is 6.74. The van der Waals surface area contributed by atoms with Gasteiger partial charge >= 0.3 is 0 Å². The van der Waals surface area contributed by atoms with Crippen LogP contribution < -0.4 is 4.74 Å². The van der Waals surface area contributed by atoms with E-state index in [0.29, 0.717) is 37.5 Å². The quantitative estimate of drug-likeness (QED) is 0.786. The maximum atomic E-state index is 12.4. The first-order chi connectivity index (χ1) is 10.9. The molecule has 1 atom stereocenters. The fraction of sp³-hybridized carbons (Fsp3) is 0.471. The Hall–Kier alpha value is -2.37. The number of benzene rings is 1. The summed E-state index contributed by atoms with van der Waals surface area (Å²) >= 11 is 0. The minimum absolute atomic E-state index is 0.0102. The van der Waals surface area contributed by atoms with E-state index in [9.17, 15) is 14.4 Å². The van der Waals surface area contributed by atoms with Crippen LogP contribution in [-0.2, 0) is 9.59 Å². The smallest absolute Gasteiger partial charge is 0.263 e. The maximum Gasteiger partial charge on any atom is 0.263 e. The number of Topliss-reactive ketones (excluding diaryl/α,β-unsaturated/α-hetero) is 1. The number of ketones is 1. The van der Waals surface area contributed by atoms with Crippen LogP contribution in [0.25, 0.3) is 0 Å². The summed E-state index contributed by atoms with van der Waals surface area (Å²) < 4.78 is 5.66. The van der Waals surface area contributed by atoms with E-state index < -0.39 is 6.10 Å². The first kappa shape index (κ1) is 17.0. The van der Waals surface area contributed by atoms with Crippen LogP contribution in [0.15, 0.2) is 24.3 Å². The summed E-state index contributed by atoms with van der Waals surface area (Å²) in [7, 11) is 0. The Labute approximate surface area is 136 Å². The first-order valence-corrected chi connectivity index (χ1v) is 7.70. The zero-order valence-electron chi connectivity index (χ0n) is 13.7. The average Bonchev–Trinajstić information content (AvgIpc) is 2.54. The fourth-order valence-electron chi connectivity index (χ4n) is 2.52. The van der Waals surface area contributed by atoms with Crippen LogP contribution >= 0.6 is 0 Å².